The van der Waals surface area contributed by atoms with E-state index in [4.69, 9.17) is 4.74 Å². The summed E-state index contributed by atoms with van der Waals surface area (Å²) >= 11 is 0. The van der Waals surface area contributed by atoms with E-state index in [1.807, 2.05) is 0 Å². The van der Waals surface area contributed by atoms with Crippen LogP contribution in [0.1, 0.15) is 12.8 Å². The van der Waals surface area contributed by atoms with Gasteiger partial charge in [-0.25, -0.2) is 8.78 Å². The number of hydrogen-bond acceptors (Lipinski definition) is 2. The molecule has 2 nitrogen and oxygen atoms in total. The summed E-state index contributed by atoms with van der Waals surface area (Å²) in [6, 6.07) is 0. The molecule has 1 aliphatic rings. The molecule has 1 saturated heterocycles. The molecule has 0 saturated carbocycles. The smallest absolute Gasteiger partial charge is 0.250 e. The lowest BCUT2D eigenvalue weighted by Crippen LogP contribution is -2.31. The zero-order valence-electron chi connectivity index (χ0n) is 7.06. The van der Waals surface area contributed by atoms with E-state index in [2.05, 4.69) is 5.32 Å². The Morgan fingerprint density at radius 3 is 2.92 bits per heavy atom. The van der Waals surface area contributed by atoms with Crippen LogP contribution in [0.3, 0.4) is 0 Å². The second-order valence-electron chi connectivity index (χ2n) is 3.13. The topological polar surface area (TPSA) is 21.3 Å². The zero-order valence-corrected chi connectivity index (χ0v) is 7.06. The normalized spacial score (nSPS) is 24.8. The van der Waals surface area contributed by atoms with E-state index in [1.54, 1.807) is 0 Å². The van der Waals surface area contributed by atoms with E-state index < -0.39 is 6.43 Å². The molecule has 0 aromatic heterocycles. The second kappa shape index (κ2) is 5.43. The van der Waals surface area contributed by atoms with Crippen LogP contribution in [0.15, 0.2) is 0 Å². The lowest BCUT2D eigenvalue weighted by molar-refractivity contribution is 0.0524. The van der Waals surface area contributed by atoms with Crippen molar-refractivity contribution < 1.29 is 13.5 Å². The highest BCUT2D eigenvalue weighted by atomic mass is 19.3. The molecule has 0 aromatic carbocycles. The standard InChI is InChI=1S/C8H15F2NO/c9-8(10)5-11-4-7-2-1-3-12-6-7/h7-8,11H,1-6H2. The van der Waals surface area contributed by atoms with Gasteiger partial charge in [-0.1, -0.05) is 0 Å². The van der Waals surface area contributed by atoms with Crippen molar-refractivity contribution in [3.63, 3.8) is 0 Å². The van der Waals surface area contributed by atoms with Gasteiger partial charge in [0.2, 0.25) is 0 Å². The predicted octanol–water partition coefficient (Wildman–Crippen LogP) is 1.27. The molecule has 0 spiro atoms. The van der Waals surface area contributed by atoms with Crippen LogP contribution in [-0.2, 0) is 4.74 Å². The SMILES string of the molecule is FC(F)CNCC1CCCOC1. The number of alkyl halides is 2. The average molecular weight is 179 g/mol. The minimum Gasteiger partial charge on any atom is -0.381 e. The fourth-order valence-electron chi connectivity index (χ4n) is 1.36. The van der Waals surface area contributed by atoms with Crippen LogP contribution >= 0.6 is 0 Å². The summed E-state index contributed by atoms with van der Waals surface area (Å²) in [5.41, 5.74) is 0. The summed E-state index contributed by atoms with van der Waals surface area (Å²) in [4.78, 5) is 0. The van der Waals surface area contributed by atoms with Crippen LogP contribution in [0.25, 0.3) is 0 Å². The first kappa shape index (κ1) is 9.86. The molecule has 0 radical (unpaired) electrons. The summed E-state index contributed by atoms with van der Waals surface area (Å²) < 4.78 is 28.6. The Bertz CT molecular complexity index is 116. The quantitative estimate of drug-likeness (QED) is 0.701. The summed E-state index contributed by atoms with van der Waals surface area (Å²) in [5, 5.41) is 2.72. The average Bonchev–Trinajstić information content (AvgIpc) is 2.05. The summed E-state index contributed by atoms with van der Waals surface area (Å²) in [5.74, 6) is 0.428. The molecule has 1 aliphatic heterocycles. The molecule has 0 amide bonds. The number of nitrogens with one attached hydrogen (secondary N) is 1. The van der Waals surface area contributed by atoms with E-state index in [-0.39, 0.29) is 6.54 Å². The molecule has 12 heavy (non-hydrogen) atoms. The maximum absolute atomic E-state index is 11.7. The zero-order chi connectivity index (χ0) is 8.81. The minimum atomic E-state index is -2.24. The van der Waals surface area contributed by atoms with Crippen LogP contribution in [0.5, 0.6) is 0 Å². The maximum atomic E-state index is 11.7. The van der Waals surface area contributed by atoms with Gasteiger partial charge in [0.05, 0.1) is 13.2 Å². The van der Waals surface area contributed by atoms with Gasteiger partial charge in [-0.3, -0.25) is 0 Å². The Balaban J connectivity index is 1.98. The Kier molecular flexibility index (Phi) is 4.46. The van der Waals surface area contributed by atoms with Crippen molar-refractivity contribution in [1.82, 2.24) is 5.32 Å². The van der Waals surface area contributed by atoms with Crippen molar-refractivity contribution in [3.05, 3.63) is 0 Å². The van der Waals surface area contributed by atoms with Crippen LogP contribution in [-0.4, -0.2) is 32.7 Å². The van der Waals surface area contributed by atoms with Gasteiger partial charge in [-0.05, 0) is 18.8 Å². The molecule has 1 rings (SSSR count). The molecule has 0 bridgehead atoms. The van der Waals surface area contributed by atoms with Crippen LogP contribution in [0, 0.1) is 5.92 Å². The Hall–Kier alpha value is -0.220. The van der Waals surface area contributed by atoms with Gasteiger partial charge in [0.1, 0.15) is 0 Å². The first-order valence-electron chi connectivity index (χ1n) is 4.35. The van der Waals surface area contributed by atoms with Gasteiger partial charge in [0.25, 0.3) is 6.43 Å². The van der Waals surface area contributed by atoms with Gasteiger partial charge in [-0.15, -0.1) is 0 Å². The molecule has 1 atom stereocenters. The van der Waals surface area contributed by atoms with Crippen molar-refractivity contribution in [2.75, 3.05) is 26.3 Å². The van der Waals surface area contributed by atoms with E-state index >= 15 is 0 Å². The maximum Gasteiger partial charge on any atom is 0.250 e. The van der Waals surface area contributed by atoms with Crippen molar-refractivity contribution in [2.45, 2.75) is 19.3 Å². The Morgan fingerprint density at radius 1 is 1.50 bits per heavy atom. The molecule has 1 heterocycles. The van der Waals surface area contributed by atoms with Gasteiger partial charge in [0, 0.05) is 13.2 Å². The first-order chi connectivity index (χ1) is 5.79. The molecule has 4 heteroatoms. The molecular formula is C8H15F2NO. The molecule has 1 fully saturated rings. The molecule has 0 aromatic rings. The third-order valence-corrected chi connectivity index (χ3v) is 1.99. The monoisotopic (exact) mass is 179 g/mol. The number of rotatable bonds is 4. The Labute approximate surface area is 71.3 Å². The van der Waals surface area contributed by atoms with Crippen LogP contribution in [0.4, 0.5) is 8.78 Å². The number of ether oxygens (including phenoxy) is 1. The van der Waals surface area contributed by atoms with Gasteiger partial charge >= 0.3 is 0 Å². The highest BCUT2D eigenvalue weighted by Gasteiger charge is 2.13. The molecule has 1 unspecified atom stereocenters. The summed E-state index contributed by atoms with van der Waals surface area (Å²) in [6.07, 6.45) is -0.0911. The highest BCUT2D eigenvalue weighted by molar-refractivity contribution is 4.65. The van der Waals surface area contributed by atoms with E-state index in [1.165, 1.54) is 0 Å². The second-order valence-corrected chi connectivity index (χ2v) is 3.13. The van der Waals surface area contributed by atoms with Crippen molar-refractivity contribution in [3.8, 4) is 0 Å². The predicted molar refractivity (Wildman–Crippen MR) is 42.4 cm³/mol. The third-order valence-electron chi connectivity index (χ3n) is 1.99. The Morgan fingerprint density at radius 2 is 2.33 bits per heavy atom. The molecule has 72 valence electrons. The van der Waals surface area contributed by atoms with Gasteiger partial charge in [0.15, 0.2) is 0 Å². The van der Waals surface area contributed by atoms with Crippen molar-refractivity contribution in [1.29, 1.82) is 0 Å². The van der Waals surface area contributed by atoms with Gasteiger partial charge < -0.3 is 10.1 Å². The molecule has 1 N–H and O–H groups in total. The van der Waals surface area contributed by atoms with Crippen LogP contribution < -0.4 is 5.32 Å². The van der Waals surface area contributed by atoms with Crippen molar-refractivity contribution in [2.24, 2.45) is 5.92 Å². The fourth-order valence-corrected chi connectivity index (χ4v) is 1.36. The van der Waals surface area contributed by atoms with E-state index in [0.717, 1.165) is 26.1 Å². The number of hydrogen-bond donors (Lipinski definition) is 1. The molecule has 0 aliphatic carbocycles. The van der Waals surface area contributed by atoms with Crippen molar-refractivity contribution >= 4 is 0 Å². The lowest BCUT2D eigenvalue weighted by atomic mass is 10.0. The minimum absolute atomic E-state index is 0.198. The van der Waals surface area contributed by atoms with E-state index in [9.17, 15) is 8.78 Å². The first-order valence-corrected chi connectivity index (χ1v) is 4.35. The van der Waals surface area contributed by atoms with E-state index in [0.29, 0.717) is 12.5 Å². The third kappa shape index (κ3) is 3.97. The summed E-state index contributed by atoms with van der Waals surface area (Å²) in [6.45, 7) is 2.00. The molecular weight excluding hydrogens is 164 g/mol. The highest BCUT2D eigenvalue weighted by Crippen LogP contribution is 2.11. The largest absolute Gasteiger partial charge is 0.381 e. The van der Waals surface area contributed by atoms with Crippen LogP contribution in [0.2, 0.25) is 0 Å². The summed E-state index contributed by atoms with van der Waals surface area (Å²) in [7, 11) is 0. The number of halogens is 2. The fraction of sp³-hybridized carbons (Fsp3) is 1.00. The lowest BCUT2D eigenvalue weighted by Gasteiger charge is -2.22. The van der Waals surface area contributed by atoms with Gasteiger partial charge in [-0.2, -0.15) is 0 Å².